The monoisotopic (exact) mass is 240 g/mol. The number of amides is 1. The molecule has 3 nitrogen and oxygen atoms in total. The molecule has 1 heterocycles. The van der Waals surface area contributed by atoms with E-state index < -0.39 is 0 Å². The van der Waals surface area contributed by atoms with Gasteiger partial charge in [0.1, 0.15) is 0 Å². The summed E-state index contributed by atoms with van der Waals surface area (Å²) in [7, 11) is 0. The van der Waals surface area contributed by atoms with Gasteiger partial charge in [-0.2, -0.15) is 0 Å². The lowest BCUT2D eigenvalue weighted by Crippen LogP contribution is -2.49. The van der Waals surface area contributed by atoms with Gasteiger partial charge >= 0.3 is 0 Å². The molecule has 17 heavy (non-hydrogen) atoms. The van der Waals surface area contributed by atoms with Gasteiger partial charge in [-0.1, -0.05) is 27.7 Å². The molecule has 1 aliphatic rings. The van der Waals surface area contributed by atoms with E-state index in [1.54, 1.807) is 0 Å². The van der Waals surface area contributed by atoms with Crippen LogP contribution in [0, 0.1) is 5.41 Å². The first kappa shape index (κ1) is 14.5. The molecule has 0 N–H and O–H groups in total. The summed E-state index contributed by atoms with van der Waals surface area (Å²) in [5.74, 6) is 0.336. The molecule has 0 aliphatic carbocycles. The average molecular weight is 240 g/mol. The minimum Gasteiger partial charge on any atom is -0.340 e. The minimum atomic E-state index is 0.336. The zero-order chi connectivity index (χ0) is 12.9. The smallest absolute Gasteiger partial charge is 0.222 e. The van der Waals surface area contributed by atoms with Gasteiger partial charge < -0.3 is 4.90 Å². The number of nitrogens with zero attached hydrogens (tertiary/aromatic N) is 2. The van der Waals surface area contributed by atoms with Crippen LogP contribution in [0.3, 0.4) is 0 Å². The number of carbonyl (C=O) groups excluding carboxylic acids is 1. The SMILES string of the molecule is CCCC(=O)N1CCN(CCC(C)(C)C)CC1. The van der Waals surface area contributed by atoms with E-state index >= 15 is 0 Å². The third-order valence-electron chi connectivity index (χ3n) is 3.37. The first-order chi connectivity index (χ1) is 7.92. The Bertz CT molecular complexity index is 237. The summed E-state index contributed by atoms with van der Waals surface area (Å²) >= 11 is 0. The zero-order valence-electron chi connectivity index (χ0n) is 12.0. The summed E-state index contributed by atoms with van der Waals surface area (Å²) < 4.78 is 0. The van der Waals surface area contributed by atoms with Crippen molar-refractivity contribution in [2.75, 3.05) is 32.7 Å². The van der Waals surface area contributed by atoms with Crippen LogP contribution in [-0.2, 0) is 4.79 Å². The standard InChI is InChI=1S/C14H28N2O/c1-5-6-13(17)16-11-9-15(10-12-16)8-7-14(2,3)4/h5-12H2,1-4H3. The lowest BCUT2D eigenvalue weighted by molar-refractivity contribution is -0.133. The van der Waals surface area contributed by atoms with E-state index in [9.17, 15) is 4.79 Å². The molecule has 1 rings (SSSR count). The van der Waals surface area contributed by atoms with Crippen LogP contribution in [0.2, 0.25) is 0 Å². The van der Waals surface area contributed by atoms with Gasteiger partial charge in [-0.25, -0.2) is 0 Å². The molecule has 0 spiro atoms. The van der Waals surface area contributed by atoms with Gasteiger partial charge in [0.05, 0.1) is 0 Å². The van der Waals surface area contributed by atoms with Crippen LogP contribution < -0.4 is 0 Å². The normalized spacial score (nSPS) is 18.5. The minimum absolute atomic E-state index is 0.336. The number of hydrogen-bond acceptors (Lipinski definition) is 2. The molecule has 0 aromatic carbocycles. The summed E-state index contributed by atoms with van der Waals surface area (Å²) in [4.78, 5) is 16.2. The van der Waals surface area contributed by atoms with Crippen molar-refractivity contribution in [2.45, 2.75) is 47.0 Å². The fraction of sp³-hybridized carbons (Fsp3) is 0.929. The molecule has 1 aliphatic heterocycles. The fourth-order valence-corrected chi connectivity index (χ4v) is 2.09. The Morgan fingerprint density at radius 2 is 1.71 bits per heavy atom. The molecule has 0 bridgehead atoms. The Balaban J connectivity index is 2.24. The van der Waals surface area contributed by atoms with Crippen molar-refractivity contribution in [1.29, 1.82) is 0 Å². The van der Waals surface area contributed by atoms with Crippen LogP contribution in [0.5, 0.6) is 0 Å². The molecule has 0 radical (unpaired) electrons. The van der Waals surface area contributed by atoms with Gasteiger partial charge in [-0.15, -0.1) is 0 Å². The largest absolute Gasteiger partial charge is 0.340 e. The maximum absolute atomic E-state index is 11.7. The Hall–Kier alpha value is -0.570. The van der Waals surface area contributed by atoms with E-state index in [1.807, 2.05) is 4.90 Å². The number of piperazine rings is 1. The molecule has 3 heteroatoms. The van der Waals surface area contributed by atoms with Crippen molar-refractivity contribution in [3.05, 3.63) is 0 Å². The number of carbonyl (C=O) groups is 1. The molecule has 1 amide bonds. The van der Waals surface area contributed by atoms with Crippen molar-refractivity contribution in [3.8, 4) is 0 Å². The Kier molecular flexibility index (Phi) is 5.44. The van der Waals surface area contributed by atoms with Crippen molar-refractivity contribution >= 4 is 5.91 Å². The second-order valence-corrected chi connectivity index (χ2v) is 6.28. The highest BCUT2D eigenvalue weighted by Crippen LogP contribution is 2.19. The van der Waals surface area contributed by atoms with Crippen molar-refractivity contribution in [2.24, 2.45) is 5.41 Å². The molecular formula is C14H28N2O. The van der Waals surface area contributed by atoms with Crippen molar-refractivity contribution < 1.29 is 4.79 Å². The highest BCUT2D eigenvalue weighted by atomic mass is 16.2. The summed E-state index contributed by atoms with van der Waals surface area (Å²) in [6.45, 7) is 14.0. The lowest BCUT2D eigenvalue weighted by atomic mass is 9.92. The molecule has 1 saturated heterocycles. The number of hydrogen-bond donors (Lipinski definition) is 0. The van der Waals surface area contributed by atoms with Gasteiger partial charge in [-0.05, 0) is 24.8 Å². The average Bonchev–Trinajstić information content (AvgIpc) is 2.26. The second kappa shape index (κ2) is 6.39. The molecule has 100 valence electrons. The van der Waals surface area contributed by atoms with E-state index in [2.05, 4.69) is 32.6 Å². The Morgan fingerprint density at radius 3 is 2.18 bits per heavy atom. The summed E-state index contributed by atoms with van der Waals surface area (Å²) in [5.41, 5.74) is 0.412. The molecular weight excluding hydrogens is 212 g/mol. The highest BCUT2D eigenvalue weighted by Gasteiger charge is 2.21. The van der Waals surface area contributed by atoms with Gasteiger partial charge in [0.2, 0.25) is 5.91 Å². The molecule has 0 aromatic rings. The fourth-order valence-electron chi connectivity index (χ4n) is 2.09. The molecule has 1 fully saturated rings. The van der Waals surface area contributed by atoms with E-state index in [0.717, 1.165) is 32.6 Å². The zero-order valence-corrected chi connectivity index (χ0v) is 12.0. The third-order valence-corrected chi connectivity index (χ3v) is 3.37. The van der Waals surface area contributed by atoms with E-state index in [4.69, 9.17) is 0 Å². The van der Waals surface area contributed by atoms with Gasteiger partial charge in [0.25, 0.3) is 0 Å². The first-order valence-corrected chi connectivity index (χ1v) is 6.92. The van der Waals surface area contributed by atoms with Gasteiger partial charge in [-0.3, -0.25) is 9.69 Å². The Labute approximate surface area is 106 Å². The van der Waals surface area contributed by atoms with Crippen LogP contribution in [0.1, 0.15) is 47.0 Å². The molecule has 0 saturated carbocycles. The van der Waals surface area contributed by atoms with Crippen LogP contribution in [0.25, 0.3) is 0 Å². The first-order valence-electron chi connectivity index (χ1n) is 6.92. The molecule has 0 unspecified atom stereocenters. The van der Waals surface area contributed by atoms with Crippen LogP contribution >= 0.6 is 0 Å². The topological polar surface area (TPSA) is 23.6 Å². The maximum Gasteiger partial charge on any atom is 0.222 e. The summed E-state index contributed by atoms with van der Waals surface area (Å²) in [5, 5.41) is 0. The molecule has 0 atom stereocenters. The van der Waals surface area contributed by atoms with Gasteiger partial charge in [0.15, 0.2) is 0 Å². The second-order valence-electron chi connectivity index (χ2n) is 6.28. The molecule has 0 aromatic heterocycles. The van der Waals surface area contributed by atoms with Crippen molar-refractivity contribution in [3.63, 3.8) is 0 Å². The Morgan fingerprint density at radius 1 is 1.12 bits per heavy atom. The number of rotatable bonds is 4. The van der Waals surface area contributed by atoms with Gasteiger partial charge in [0, 0.05) is 32.6 Å². The van der Waals surface area contributed by atoms with Crippen LogP contribution in [0.15, 0.2) is 0 Å². The quantitative estimate of drug-likeness (QED) is 0.753. The third kappa shape index (κ3) is 5.53. The predicted molar refractivity (Wildman–Crippen MR) is 72.0 cm³/mol. The van der Waals surface area contributed by atoms with E-state index in [1.165, 1.54) is 13.0 Å². The summed E-state index contributed by atoms with van der Waals surface area (Å²) in [6, 6.07) is 0. The van der Waals surface area contributed by atoms with Crippen LogP contribution in [-0.4, -0.2) is 48.4 Å². The van der Waals surface area contributed by atoms with E-state index in [-0.39, 0.29) is 0 Å². The predicted octanol–water partition coefficient (Wildman–Crippen LogP) is 2.37. The maximum atomic E-state index is 11.7. The van der Waals surface area contributed by atoms with Crippen molar-refractivity contribution in [1.82, 2.24) is 9.80 Å². The van der Waals surface area contributed by atoms with Crippen LogP contribution in [0.4, 0.5) is 0 Å². The van der Waals surface area contributed by atoms with E-state index in [0.29, 0.717) is 17.7 Å². The lowest BCUT2D eigenvalue weighted by Gasteiger charge is -2.36. The summed E-state index contributed by atoms with van der Waals surface area (Å²) in [6.07, 6.45) is 2.90. The highest BCUT2D eigenvalue weighted by molar-refractivity contribution is 5.76.